The SMILES string of the molecule is CC1(C)CC(C(NN)C2CCCCS2)C(C)(C)O1. The zero-order valence-electron chi connectivity index (χ0n) is 12.2. The van der Waals surface area contributed by atoms with Crippen LogP contribution in [0.25, 0.3) is 0 Å². The Hall–Kier alpha value is 0.230. The smallest absolute Gasteiger partial charge is 0.0678 e. The summed E-state index contributed by atoms with van der Waals surface area (Å²) in [4.78, 5) is 0. The van der Waals surface area contributed by atoms with Gasteiger partial charge in [0.25, 0.3) is 0 Å². The fourth-order valence-corrected chi connectivity index (χ4v) is 5.18. The number of ether oxygens (including phenoxy) is 1. The lowest BCUT2D eigenvalue weighted by Crippen LogP contribution is -2.53. The summed E-state index contributed by atoms with van der Waals surface area (Å²) in [5.74, 6) is 7.65. The maximum atomic E-state index is 6.22. The summed E-state index contributed by atoms with van der Waals surface area (Å²) >= 11 is 2.09. The fraction of sp³-hybridized carbons (Fsp3) is 1.00. The molecule has 2 saturated heterocycles. The molecule has 3 N–H and O–H groups in total. The second-order valence-electron chi connectivity index (χ2n) is 6.87. The molecule has 2 aliphatic heterocycles. The quantitative estimate of drug-likeness (QED) is 0.612. The summed E-state index contributed by atoms with van der Waals surface area (Å²) < 4.78 is 6.22. The third kappa shape index (κ3) is 3.03. The molecule has 0 aromatic rings. The van der Waals surface area contributed by atoms with Gasteiger partial charge in [0, 0.05) is 17.2 Å². The second kappa shape index (κ2) is 5.31. The normalized spacial score (nSPS) is 36.5. The van der Waals surface area contributed by atoms with E-state index in [4.69, 9.17) is 10.6 Å². The zero-order chi connectivity index (χ0) is 13.4. The Morgan fingerprint density at radius 1 is 1.28 bits per heavy atom. The number of rotatable bonds is 3. The van der Waals surface area contributed by atoms with Gasteiger partial charge < -0.3 is 4.74 Å². The summed E-state index contributed by atoms with van der Waals surface area (Å²) in [6, 6.07) is 0.368. The number of hydrazine groups is 1. The van der Waals surface area contributed by atoms with Gasteiger partial charge in [0.15, 0.2) is 0 Å². The molecule has 0 saturated carbocycles. The van der Waals surface area contributed by atoms with E-state index in [1.807, 2.05) is 0 Å². The van der Waals surface area contributed by atoms with Gasteiger partial charge in [0.1, 0.15) is 0 Å². The average molecular weight is 272 g/mol. The van der Waals surface area contributed by atoms with Crippen LogP contribution in [0.15, 0.2) is 0 Å². The molecule has 3 unspecified atom stereocenters. The highest BCUT2D eigenvalue weighted by Gasteiger charge is 2.50. The molecule has 18 heavy (non-hydrogen) atoms. The van der Waals surface area contributed by atoms with Gasteiger partial charge in [-0.15, -0.1) is 0 Å². The highest BCUT2D eigenvalue weighted by atomic mass is 32.2. The predicted octanol–water partition coefficient (Wildman–Crippen LogP) is 2.70. The first-order valence-electron chi connectivity index (χ1n) is 7.14. The van der Waals surface area contributed by atoms with Crippen molar-refractivity contribution in [3.8, 4) is 0 Å². The number of hydrogen-bond donors (Lipinski definition) is 2. The van der Waals surface area contributed by atoms with Gasteiger partial charge in [-0.25, -0.2) is 0 Å². The van der Waals surface area contributed by atoms with Gasteiger partial charge in [-0.05, 0) is 52.7 Å². The van der Waals surface area contributed by atoms with Crippen molar-refractivity contribution in [1.82, 2.24) is 5.43 Å². The van der Waals surface area contributed by atoms with Gasteiger partial charge >= 0.3 is 0 Å². The van der Waals surface area contributed by atoms with Gasteiger partial charge in [0.05, 0.1) is 11.2 Å². The van der Waals surface area contributed by atoms with Crippen molar-refractivity contribution in [1.29, 1.82) is 0 Å². The van der Waals surface area contributed by atoms with E-state index in [2.05, 4.69) is 44.9 Å². The van der Waals surface area contributed by atoms with E-state index in [1.165, 1.54) is 25.0 Å². The van der Waals surface area contributed by atoms with E-state index in [1.54, 1.807) is 0 Å². The third-order valence-corrected chi connectivity index (χ3v) is 5.87. The predicted molar refractivity (Wildman–Crippen MR) is 78.6 cm³/mol. The molecule has 106 valence electrons. The van der Waals surface area contributed by atoms with E-state index < -0.39 is 0 Å². The molecule has 0 aromatic carbocycles. The fourth-order valence-electron chi connectivity index (χ4n) is 3.70. The lowest BCUT2D eigenvalue weighted by Gasteiger charge is -2.38. The average Bonchev–Trinajstić information content (AvgIpc) is 2.50. The van der Waals surface area contributed by atoms with Crippen molar-refractivity contribution in [3.63, 3.8) is 0 Å². The highest BCUT2D eigenvalue weighted by molar-refractivity contribution is 8.00. The maximum Gasteiger partial charge on any atom is 0.0678 e. The third-order valence-electron chi connectivity index (χ3n) is 4.39. The summed E-state index contributed by atoms with van der Waals surface area (Å²) in [7, 11) is 0. The lowest BCUT2D eigenvalue weighted by molar-refractivity contribution is -0.0778. The number of nitrogens with one attached hydrogen (secondary N) is 1. The largest absolute Gasteiger partial charge is 0.369 e. The van der Waals surface area contributed by atoms with Crippen LogP contribution < -0.4 is 11.3 Å². The molecule has 3 nitrogen and oxygen atoms in total. The molecule has 2 rings (SSSR count). The van der Waals surface area contributed by atoms with Crippen molar-refractivity contribution < 1.29 is 4.74 Å². The first-order valence-corrected chi connectivity index (χ1v) is 8.18. The molecule has 2 fully saturated rings. The van der Waals surface area contributed by atoms with Gasteiger partial charge in [-0.1, -0.05) is 6.42 Å². The van der Waals surface area contributed by atoms with E-state index in [-0.39, 0.29) is 11.2 Å². The van der Waals surface area contributed by atoms with Crippen molar-refractivity contribution in [2.75, 3.05) is 5.75 Å². The van der Waals surface area contributed by atoms with E-state index in [9.17, 15) is 0 Å². The van der Waals surface area contributed by atoms with Crippen LogP contribution in [-0.4, -0.2) is 28.2 Å². The summed E-state index contributed by atoms with van der Waals surface area (Å²) in [6.45, 7) is 8.81. The Morgan fingerprint density at radius 3 is 2.44 bits per heavy atom. The van der Waals surface area contributed by atoms with Crippen LogP contribution >= 0.6 is 11.8 Å². The van der Waals surface area contributed by atoms with Crippen molar-refractivity contribution in [2.45, 2.75) is 75.9 Å². The van der Waals surface area contributed by atoms with Crippen LogP contribution in [0.5, 0.6) is 0 Å². The number of hydrogen-bond acceptors (Lipinski definition) is 4. The molecular formula is C14H28N2OS. The van der Waals surface area contributed by atoms with Crippen molar-refractivity contribution in [2.24, 2.45) is 11.8 Å². The van der Waals surface area contributed by atoms with Crippen molar-refractivity contribution >= 4 is 11.8 Å². The Balaban J connectivity index is 2.11. The zero-order valence-corrected chi connectivity index (χ0v) is 13.0. The maximum absolute atomic E-state index is 6.22. The number of thioether (sulfide) groups is 1. The topological polar surface area (TPSA) is 47.3 Å². The first kappa shape index (κ1) is 14.6. The molecule has 0 bridgehead atoms. The van der Waals surface area contributed by atoms with Crippen LogP contribution in [0.3, 0.4) is 0 Å². The monoisotopic (exact) mass is 272 g/mol. The Kier molecular flexibility index (Phi) is 4.32. The minimum absolute atomic E-state index is 0.0252. The van der Waals surface area contributed by atoms with Gasteiger partial charge in [-0.3, -0.25) is 11.3 Å². The lowest BCUT2D eigenvalue weighted by atomic mass is 9.79. The first-order chi connectivity index (χ1) is 8.36. The molecular weight excluding hydrogens is 244 g/mol. The molecule has 2 aliphatic rings. The summed E-state index contributed by atoms with van der Waals surface area (Å²) in [5, 5.41) is 0.644. The molecule has 0 aromatic heterocycles. The molecule has 2 heterocycles. The minimum atomic E-state index is -0.0848. The molecule has 4 heteroatoms. The van der Waals surface area contributed by atoms with Crippen molar-refractivity contribution in [3.05, 3.63) is 0 Å². The van der Waals surface area contributed by atoms with Gasteiger partial charge in [0.2, 0.25) is 0 Å². The number of nitrogens with two attached hydrogens (primary N) is 1. The molecule has 0 aliphatic carbocycles. The van der Waals surface area contributed by atoms with Crippen LogP contribution in [-0.2, 0) is 4.74 Å². The Bertz CT molecular complexity index is 288. The van der Waals surface area contributed by atoms with Crippen LogP contribution in [0.2, 0.25) is 0 Å². The van der Waals surface area contributed by atoms with Crippen LogP contribution in [0, 0.1) is 5.92 Å². The van der Waals surface area contributed by atoms with Gasteiger partial charge in [-0.2, -0.15) is 11.8 Å². The highest BCUT2D eigenvalue weighted by Crippen LogP contribution is 2.46. The van der Waals surface area contributed by atoms with E-state index in [0.717, 1.165) is 6.42 Å². The molecule has 0 radical (unpaired) electrons. The van der Waals surface area contributed by atoms with Crippen LogP contribution in [0.4, 0.5) is 0 Å². The summed E-state index contributed by atoms with van der Waals surface area (Å²) in [5.41, 5.74) is 3.00. The second-order valence-corrected chi connectivity index (χ2v) is 8.22. The van der Waals surface area contributed by atoms with E-state index >= 15 is 0 Å². The van der Waals surface area contributed by atoms with E-state index in [0.29, 0.717) is 17.2 Å². The minimum Gasteiger partial charge on any atom is -0.369 e. The standard InChI is InChI=1S/C14H28N2OS/c1-13(2)9-10(14(3,4)17-13)12(16-15)11-7-5-6-8-18-11/h10-12,16H,5-9,15H2,1-4H3. The molecule has 0 spiro atoms. The molecule has 3 atom stereocenters. The Labute approximate surface area is 116 Å². The Morgan fingerprint density at radius 2 is 2.00 bits per heavy atom. The molecule has 0 amide bonds. The van der Waals surface area contributed by atoms with Crippen LogP contribution in [0.1, 0.15) is 53.4 Å². The summed E-state index contributed by atoms with van der Waals surface area (Å²) in [6.07, 6.45) is 5.07.